The quantitative estimate of drug-likeness (QED) is 0.817. The highest BCUT2D eigenvalue weighted by atomic mass is 16.6. The van der Waals surface area contributed by atoms with Crippen LogP contribution in [0.25, 0.3) is 0 Å². The Balaban J connectivity index is 1.95. The maximum absolute atomic E-state index is 12.0. The van der Waals surface area contributed by atoms with E-state index in [1.807, 2.05) is 39.0 Å². The van der Waals surface area contributed by atoms with Gasteiger partial charge in [-0.05, 0) is 39.2 Å². The molecule has 0 bridgehead atoms. The van der Waals surface area contributed by atoms with Crippen LogP contribution < -0.4 is 5.32 Å². The smallest absolute Gasteiger partial charge is 0.323 e. The molecule has 18 heavy (non-hydrogen) atoms. The first-order valence-electron chi connectivity index (χ1n) is 6.49. The zero-order valence-corrected chi connectivity index (χ0v) is 11.3. The monoisotopic (exact) mass is 247 g/mol. The van der Waals surface area contributed by atoms with Gasteiger partial charge in [-0.2, -0.15) is 0 Å². The number of benzene rings is 1. The van der Waals surface area contributed by atoms with E-state index in [1.54, 1.807) is 0 Å². The second-order valence-corrected chi connectivity index (χ2v) is 5.79. The molecule has 3 nitrogen and oxygen atoms in total. The fourth-order valence-electron chi connectivity index (χ4n) is 2.25. The summed E-state index contributed by atoms with van der Waals surface area (Å²) in [7, 11) is 0. The number of nitrogens with one attached hydrogen (secondary N) is 1. The van der Waals surface area contributed by atoms with Crippen LogP contribution in [0.15, 0.2) is 30.3 Å². The molecule has 1 heterocycles. The molecule has 1 N–H and O–H groups in total. The molecule has 2 rings (SSSR count). The lowest BCUT2D eigenvalue weighted by Crippen LogP contribution is -2.38. The molecular formula is C15H21NO2. The molecule has 1 aromatic rings. The Morgan fingerprint density at radius 1 is 1.22 bits per heavy atom. The molecule has 0 amide bonds. The lowest BCUT2D eigenvalue weighted by atomic mass is 10.1. The highest BCUT2D eigenvalue weighted by Gasteiger charge is 2.32. The number of carbonyl (C=O) groups is 1. The van der Waals surface area contributed by atoms with Gasteiger partial charge >= 0.3 is 5.97 Å². The molecule has 0 radical (unpaired) electrons. The van der Waals surface area contributed by atoms with Gasteiger partial charge < -0.3 is 4.74 Å². The van der Waals surface area contributed by atoms with Crippen LogP contribution >= 0.6 is 0 Å². The van der Waals surface area contributed by atoms with Crippen LogP contribution in [-0.2, 0) is 9.53 Å². The molecule has 3 heteroatoms. The van der Waals surface area contributed by atoms with E-state index in [1.165, 1.54) is 5.56 Å². The minimum atomic E-state index is -0.413. The molecule has 1 aliphatic heterocycles. The average Bonchev–Trinajstić information content (AvgIpc) is 2.77. The Hall–Kier alpha value is -1.35. The van der Waals surface area contributed by atoms with Crippen molar-refractivity contribution in [1.29, 1.82) is 0 Å². The van der Waals surface area contributed by atoms with Crippen molar-refractivity contribution in [3.05, 3.63) is 35.9 Å². The van der Waals surface area contributed by atoms with Gasteiger partial charge in [-0.3, -0.25) is 10.1 Å². The molecule has 0 aliphatic carbocycles. The summed E-state index contributed by atoms with van der Waals surface area (Å²) in [6, 6.07) is 10.3. The highest BCUT2D eigenvalue weighted by Crippen LogP contribution is 2.27. The summed E-state index contributed by atoms with van der Waals surface area (Å²) in [4.78, 5) is 12.0. The summed E-state index contributed by atoms with van der Waals surface area (Å²) in [5.41, 5.74) is 0.826. The SMILES string of the molecule is CC(C)(C)OC(=O)[C@@H]1CC[C@H](c2ccccc2)N1. The van der Waals surface area contributed by atoms with E-state index in [9.17, 15) is 4.79 Å². The fraction of sp³-hybridized carbons (Fsp3) is 0.533. The standard InChI is InChI=1S/C15H21NO2/c1-15(2,3)18-14(17)13-10-9-12(16-13)11-7-5-4-6-8-11/h4-8,12-13,16H,9-10H2,1-3H3/t12-,13+/m1/s1. The van der Waals surface area contributed by atoms with Gasteiger partial charge in [0.1, 0.15) is 11.6 Å². The largest absolute Gasteiger partial charge is 0.459 e. The molecule has 0 spiro atoms. The number of ether oxygens (including phenoxy) is 1. The summed E-state index contributed by atoms with van der Waals surface area (Å²) in [5, 5.41) is 3.36. The van der Waals surface area contributed by atoms with E-state index in [2.05, 4.69) is 17.4 Å². The maximum Gasteiger partial charge on any atom is 0.323 e. The summed E-state index contributed by atoms with van der Waals surface area (Å²) >= 11 is 0. The molecular weight excluding hydrogens is 226 g/mol. The highest BCUT2D eigenvalue weighted by molar-refractivity contribution is 5.76. The second-order valence-electron chi connectivity index (χ2n) is 5.79. The zero-order valence-electron chi connectivity index (χ0n) is 11.3. The van der Waals surface area contributed by atoms with Gasteiger partial charge in [-0.25, -0.2) is 0 Å². The molecule has 1 fully saturated rings. The van der Waals surface area contributed by atoms with Crippen molar-refractivity contribution in [2.24, 2.45) is 0 Å². The molecule has 0 saturated carbocycles. The van der Waals surface area contributed by atoms with E-state index in [0.29, 0.717) is 0 Å². The predicted octanol–water partition coefficient (Wildman–Crippen LogP) is 2.82. The topological polar surface area (TPSA) is 38.3 Å². The first-order chi connectivity index (χ1) is 8.46. The van der Waals surface area contributed by atoms with Gasteiger partial charge in [0.2, 0.25) is 0 Å². The molecule has 2 atom stereocenters. The summed E-state index contributed by atoms with van der Waals surface area (Å²) in [6.07, 6.45) is 1.82. The first kappa shape index (κ1) is 13.1. The molecule has 1 aliphatic rings. The van der Waals surface area contributed by atoms with Gasteiger partial charge in [0.25, 0.3) is 0 Å². The minimum Gasteiger partial charge on any atom is -0.459 e. The summed E-state index contributed by atoms with van der Waals surface area (Å²) < 4.78 is 5.40. The average molecular weight is 247 g/mol. The van der Waals surface area contributed by atoms with Crippen LogP contribution in [0.2, 0.25) is 0 Å². The van der Waals surface area contributed by atoms with Crippen molar-refractivity contribution in [3.63, 3.8) is 0 Å². The lowest BCUT2D eigenvalue weighted by molar-refractivity contribution is -0.157. The normalized spacial score (nSPS) is 23.9. The van der Waals surface area contributed by atoms with Crippen molar-refractivity contribution in [3.8, 4) is 0 Å². The van der Waals surface area contributed by atoms with Crippen molar-refractivity contribution < 1.29 is 9.53 Å². The zero-order chi connectivity index (χ0) is 13.2. The number of carbonyl (C=O) groups excluding carboxylic acids is 1. The molecule has 1 aromatic carbocycles. The molecule has 0 aromatic heterocycles. The van der Waals surface area contributed by atoms with Crippen molar-refractivity contribution >= 4 is 5.97 Å². The number of esters is 1. The fourth-order valence-corrected chi connectivity index (χ4v) is 2.25. The van der Waals surface area contributed by atoms with E-state index < -0.39 is 5.60 Å². The Kier molecular flexibility index (Phi) is 3.71. The van der Waals surface area contributed by atoms with Crippen molar-refractivity contribution in [2.45, 2.75) is 51.3 Å². The number of hydrogen-bond donors (Lipinski definition) is 1. The number of hydrogen-bond acceptors (Lipinski definition) is 3. The third-order valence-electron chi connectivity index (χ3n) is 3.04. The van der Waals surface area contributed by atoms with Crippen LogP contribution in [0.1, 0.15) is 45.2 Å². The maximum atomic E-state index is 12.0. The van der Waals surface area contributed by atoms with Crippen LogP contribution in [0.5, 0.6) is 0 Å². The molecule has 1 saturated heterocycles. The van der Waals surface area contributed by atoms with Crippen molar-refractivity contribution in [1.82, 2.24) is 5.32 Å². The van der Waals surface area contributed by atoms with E-state index in [4.69, 9.17) is 4.74 Å². The van der Waals surface area contributed by atoms with Gasteiger partial charge in [-0.15, -0.1) is 0 Å². The molecule has 0 unspecified atom stereocenters. The van der Waals surface area contributed by atoms with Crippen LogP contribution in [-0.4, -0.2) is 17.6 Å². The van der Waals surface area contributed by atoms with Gasteiger partial charge in [0.05, 0.1) is 0 Å². The minimum absolute atomic E-state index is 0.138. The predicted molar refractivity (Wildman–Crippen MR) is 71.2 cm³/mol. The summed E-state index contributed by atoms with van der Waals surface area (Å²) in [5.74, 6) is -0.138. The van der Waals surface area contributed by atoms with E-state index in [0.717, 1.165) is 12.8 Å². The van der Waals surface area contributed by atoms with E-state index in [-0.39, 0.29) is 18.1 Å². The Labute approximate surface area is 109 Å². The van der Waals surface area contributed by atoms with Crippen LogP contribution in [0.4, 0.5) is 0 Å². The van der Waals surface area contributed by atoms with Crippen LogP contribution in [0, 0.1) is 0 Å². The lowest BCUT2D eigenvalue weighted by Gasteiger charge is -2.22. The van der Waals surface area contributed by atoms with Gasteiger partial charge in [-0.1, -0.05) is 30.3 Å². The first-order valence-corrected chi connectivity index (χ1v) is 6.49. The molecule has 98 valence electrons. The third kappa shape index (κ3) is 3.33. The van der Waals surface area contributed by atoms with Crippen LogP contribution in [0.3, 0.4) is 0 Å². The summed E-state index contributed by atoms with van der Waals surface area (Å²) in [6.45, 7) is 5.69. The second kappa shape index (κ2) is 5.11. The Morgan fingerprint density at radius 2 is 1.89 bits per heavy atom. The van der Waals surface area contributed by atoms with Gasteiger partial charge in [0, 0.05) is 6.04 Å². The third-order valence-corrected chi connectivity index (χ3v) is 3.04. The van der Waals surface area contributed by atoms with E-state index >= 15 is 0 Å². The van der Waals surface area contributed by atoms with Crippen molar-refractivity contribution in [2.75, 3.05) is 0 Å². The van der Waals surface area contributed by atoms with Gasteiger partial charge in [0.15, 0.2) is 0 Å². The Bertz CT molecular complexity index is 408. The Morgan fingerprint density at radius 3 is 2.50 bits per heavy atom. The number of rotatable bonds is 2.